The number of methoxy groups -OCH3 is 1. The fraction of sp³-hybridized carbons (Fsp3) is 0.400. The molecule has 0 unspecified atom stereocenters. The lowest BCUT2D eigenvalue weighted by Crippen LogP contribution is -2.30. The highest BCUT2D eigenvalue weighted by Crippen LogP contribution is 2.22. The molecule has 0 spiro atoms. The first-order chi connectivity index (χ1) is 8.30. The Morgan fingerprint density at radius 2 is 2.00 bits per heavy atom. The van der Waals surface area contributed by atoms with Gasteiger partial charge in [-0.25, -0.2) is 17.2 Å². The van der Waals surface area contributed by atoms with Crippen molar-refractivity contribution in [3.63, 3.8) is 0 Å². The molecule has 0 aliphatic carbocycles. The standard InChI is InChI=1S/C10H14F2N2O3S/c1-14(3-4-17-2)18(15,16)7-5-8(11)10(12)9(13)6-7/h5-6H,3-4,13H2,1-2H3. The van der Waals surface area contributed by atoms with Crippen LogP contribution in [0.5, 0.6) is 0 Å². The zero-order chi connectivity index (χ0) is 13.9. The number of rotatable bonds is 5. The second-order valence-electron chi connectivity index (χ2n) is 3.63. The highest BCUT2D eigenvalue weighted by molar-refractivity contribution is 7.89. The van der Waals surface area contributed by atoms with Crippen LogP contribution in [0.1, 0.15) is 0 Å². The van der Waals surface area contributed by atoms with Crippen LogP contribution < -0.4 is 5.73 Å². The Morgan fingerprint density at radius 3 is 2.50 bits per heavy atom. The maximum atomic E-state index is 13.1. The second kappa shape index (κ2) is 5.59. The Bertz CT molecular complexity index is 511. The monoisotopic (exact) mass is 280 g/mol. The molecule has 2 N–H and O–H groups in total. The van der Waals surface area contributed by atoms with Crippen molar-refractivity contribution >= 4 is 15.7 Å². The van der Waals surface area contributed by atoms with Gasteiger partial charge in [-0.3, -0.25) is 0 Å². The summed E-state index contributed by atoms with van der Waals surface area (Å²) in [6, 6.07) is 1.49. The van der Waals surface area contributed by atoms with Gasteiger partial charge in [0.15, 0.2) is 11.6 Å². The van der Waals surface area contributed by atoms with Gasteiger partial charge in [-0.1, -0.05) is 0 Å². The Morgan fingerprint density at radius 1 is 1.39 bits per heavy atom. The molecule has 0 radical (unpaired) electrons. The molecule has 0 aliphatic heterocycles. The molecule has 5 nitrogen and oxygen atoms in total. The number of halogens is 2. The lowest BCUT2D eigenvalue weighted by atomic mass is 10.3. The molecule has 0 bridgehead atoms. The molecule has 0 heterocycles. The predicted octanol–water partition coefficient (Wildman–Crippen LogP) is 0.814. The fourth-order valence-corrected chi connectivity index (χ4v) is 2.46. The van der Waals surface area contributed by atoms with E-state index in [0.29, 0.717) is 6.07 Å². The SMILES string of the molecule is COCCN(C)S(=O)(=O)c1cc(N)c(F)c(F)c1. The van der Waals surface area contributed by atoms with Crippen molar-refractivity contribution in [1.82, 2.24) is 4.31 Å². The first-order valence-corrected chi connectivity index (χ1v) is 6.44. The lowest BCUT2D eigenvalue weighted by Gasteiger charge is -2.17. The van der Waals surface area contributed by atoms with E-state index < -0.39 is 32.2 Å². The molecule has 1 aromatic rings. The summed E-state index contributed by atoms with van der Waals surface area (Å²) in [5.41, 5.74) is 4.65. The number of likely N-dealkylation sites (N-methyl/N-ethyl adjacent to an activating group) is 1. The van der Waals surface area contributed by atoms with E-state index in [1.54, 1.807) is 0 Å². The fourth-order valence-electron chi connectivity index (χ4n) is 1.25. The van der Waals surface area contributed by atoms with Crippen LogP contribution in [0.15, 0.2) is 17.0 Å². The van der Waals surface area contributed by atoms with E-state index in [4.69, 9.17) is 10.5 Å². The third-order valence-corrected chi connectivity index (χ3v) is 4.18. The zero-order valence-electron chi connectivity index (χ0n) is 9.98. The highest BCUT2D eigenvalue weighted by Gasteiger charge is 2.23. The topological polar surface area (TPSA) is 72.6 Å². The number of anilines is 1. The van der Waals surface area contributed by atoms with Gasteiger partial charge in [-0.2, -0.15) is 4.31 Å². The van der Waals surface area contributed by atoms with E-state index in [2.05, 4.69) is 0 Å². The van der Waals surface area contributed by atoms with Crippen molar-refractivity contribution in [3.8, 4) is 0 Å². The molecular formula is C10H14F2N2O3S. The van der Waals surface area contributed by atoms with E-state index >= 15 is 0 Å². The van der Waals surface area contributed by atoms with Crippen LogP contribution in [-0.4, -0.2) is 40.0 Å². The zero-order valence-corrected chi connectivity index (χ0v) is 10.8. The minimum Gasteiger partial charge on any atom is -0.396 e. The number of benzene rings is 1. The smallest absolute Gasteiger partial charge is 0.243 e. The summed E-state index contributed by atoms with van der Waals surface area (Å²) < 4.78 is 55.8. The van der Waals surface area contributed by atoms with Crippen molar-refractivity contribution in [1.29, 1.82) is 0 Å². The van der Waals surface area contributed by atoms with Gasteiger partial charge in [-0.05, 0) is 12.1 Å². The van der Waals surface area contributed by atoms with E-state index in [0.717, 1.165) is 10.4 Å². The summed E-state index contributed by atoms with van der Waals surface area (Å²) in [5.74, 6) is -2.55. The van der Waals surface area contributed by atoms with Crippen molar-refractivity contribution in [3.05, 3.63) is 23.8 Å². The molecule has 0 aromatic heterocycles. The minimum absolute atomic E-state index is 0.0950. The summed E-state index contributed by atoms with van der Waals surface area (Å²) in [5, 5.41) is 0. The average molecular weight is 280 g/mol. The predicted molar refractivity (Wildman–Crippen MR) is 62.5 cm³/mol. The van der Waals surface area contributed by atoms with Gasteiger partial charge in [0.25, 0.3) is 0 Å². The first-order valence-electron chi connectivity index (χ1n) is 5.00. The van der Waals surface area contributed by atoms with Crippen LogP contribution in [0.4, 0.5) is 14.5 Å². The first kappa shape index (κ1) is 14.8. The number of nitrogen functional groups attached to an aromatic ring is 1. The molecule has 18 heavy (non-hydrogen) atoms. The summed E-state index contributed by atoms with van der Waals surface area (Å²) in [4.78, 5) is -0.391. The molecule has 0 saturated carbocycles. The van der Waals surface area contributed by atoms with Crippen LogP contribution in [0.2, 0.25) is 0 Å². The van der Waals surface area contributed by atoms with E-state index in [1.807, 2.05) is 0 Å². The van der Waals surface area contributed by atoms with Crippen molar-refractivity contribution in [2.75, 3.05) is 33.0 Å². The second-order valence-corrected chi connectivity index (χ2v) is 5.67. The van der Waals surface area contributed by atoms with E-state index in [1.165, 1.54) is 14.2 Å². The van der Waals surface area contributed by atoms with Crippen LogP contribution in [0.3, 0.4) is 0 Å². The third-order valence-electron chi connectivity index (χ3n) is 2.35. The van der Waals surface area contributed by atoms with Gasteiger partial charge in [-0.15, -0.1) is 0 Å². The van der Waals surface area contributed by atoms with Gasteiger partial charge in [0.2, 0.25) is 10.0 Å². The molecule has 8 heteroatoms. The van der Waals surface area contributed by atoms with Gasteiger partial charge in [0.05, 0.1) is 17.2 Å². The Labute approximate surface area is 104 Å². The number of ether oxygens (including phenoxy) is 1. The van der Waals surface area contributed by atoms with Crippen molar-refractivity contribution in [2.24, 2.45) is 0 Å². The van der Waals surface area contributed by atoms with Crippen LogP contribution >= 0.6 is 0 Å². The third kappa shape index (κ3) is 2.95. The summed E-state index contributed by atoms with van der Waals surface area (Å²) in [6.07, 6.45) is 0. The van der Waals surface area contributed by atoms with Crippen molar-refractivity contribution in [2.45, 2.75) is 4.90 Å². The maximum absolute atomic E-state index is 13.1. The largest absolute Gasteiger partial charge is 0.396 e. The molecule has 0 saturated heterocycles. The minimum atomic E-state index is -3.91. The summed E-state index contributed by atoms with van der Waals surface area (Å²) >= 11 is 0. The quantitative estimate of drug-likeness (QED) is 0.810. The van der Waals surface area contributed by atoms with Crippen molar-refractivity contribution < 1.29 is 21.9 Å². The maximum Gasteiger partial charge on any atom is 0.243 e. The summed E-state index contributed by atoms with van der Waals surface area (Å²) in [6.45, 7) is 0.284. The van der Waals surface area contributed by atoms with Gasteiger partial charge in [0, 0.05) is 20.7 Å². The number of nitrogens with zero attached hydrogens (tertiary/aromatic N) is 1. The van der Waals surface area contributed by atoms with Crippen LogP contribution in [0, 0.1) is 11.6 Å². The lowest BCUT2D eigenvalue weighted by molar-refractivity contribution is 0.185. The van der Waals surface area contributed by atoms with Gasteiger partial charge < -0.3 is 10.5 Å². The normalized spacial score (nSPS) is 12.1. The average Bonchev–Trinajstić information content (AvgIpc) is 2.32. The Hall–Kier alpha value is -1.25. The number of sulfonamides is 1. The van der Waals surface area contributed by atoms with Crippen LogP contribution in [-0.2, 0) is 14.8 Å². The van der Waals surface area contributed by atoms with Gasteiger partial charge >= 0.3 is 0 Å². The number of nitrogens with two attached hydrogens (primary N) is 1. The molecule has 0 amide bonds. The van der Waals surface area contributed by atoms with Crippen LogP contribution in [0.25, 0.3) is 0 Å². The Balaban J connectivity index is 3.13. The molecule has 0 aliphatic rings. The van der Waals surface area contributed by atoms with E-state index in [-0.39, 0.29) is 13.2 Å². The number of hydrogen-bond acceptors (Lipinski definition) is 4. The highest BCUT2D eigenvalue weighted by atomic mass is 32.2. The molecule has 0 fully saturated rings. The molecule has 0 atom stereocenters. The summed E-state index contributed by atoms with van der Waals surface area (Å²) in [7, 11) is -1.17. The Kier molecular flexibility index (Phi) is 4.60. The number of hydrogen-bond donors (Lipinski definition) is 1. The van der Waals surface area contributed by atoms with Gasteiger partial charge in [0.1, 0.15) is 0 Å². The molecular weight excluding hydrogens is 266 g/mol. The molecule has 1 rings (SSSR count). The van der Waals surface area contributed by atoms with E-state index in [9.17, 15) is 17.2 Å². The molecule has 102 valence electrons. The molecule has 1 aromatic carbocycles.